The molecule has 0 bridgehead atoms. The highest BCUT2D eigenvalue weighted by Gasteiger charge is 2.11. The third-order valence-corrected chi connectivity index (χ3v) is 2.23. The van der Waals surface area contributed by atoms with Crippen molar-refractivity contribution < 1.29 is 5.11 Å². The zero-order valence-corrected chi connectivity index (χ0v) is 7.70. The summed E-state index contributed by atoms with van der Waals surface area (Å²) in [4.78, 5) is 0. The maximum atomic E-state index is 8.58. The molecule has 0 aliphatic carbocycles. The number of hydrogen-bond acceptors (Lipinski definition) is 2. The molecule has 0 saturated carbocycles. The van der Waals surface area contributed by atoms with Crippen LogP contribution in [0.4, 0.5) is 0 Å². The molecule has 0 spiro atoms. The van der Waals surface area contributed by atoms with Crippen molar-refractivity contribution in [1.82, 2.24) is 5.32 Å². The average molecular weight is 180 g/mol. The fraction of sp³-hybridized carbons (Fsp3) is 1.00. The van der Waals surface area contributed by atoms with Crippen molar-refractivity contribution in [2.75, 3.05) is 19.7 Å². The Kier molecular flexibility index (Phi) is 7.02. The van der Waals surface area contributed by atoms with Crippen LogP contribution in [0.2, 0.25) is 0 Å². The fourth-order valence-electron chi connectivity index (χ4n) is 1.55. The number of halogens is 1. The molecule has 0 aromatic heterocycles. The summed E-state index contributed by atoms with van der Waals surface area (Å²) in [6.45, 7) is 2.72. The number of nitrogens with one attached hydrogen (secondary N) is 1. The zero-order valence-electron chi connectivity index (χ0n) is 6.88. The molecule has 1 aliphatic heterocycles. The highest BCUT2D eigenvalue weighted by atomic mass is 35.5. The maximum Gasteiger partial charge on any atom is 0.0431 e. The minimum Gasteiger partial charge on any atom is -0.396 e. The molecule has 1 fully saturated rings. The molecule has 0 amide bonds. The van der Waals surface area contributed by atoms with Gasteiger partial charge in [-0.1, -0.05) is 0 Å². The van der Waals surface area contributed by atoms with Gasteiger partial charge < -0.3 is 10.4 Å². The van der Waals surface area contributed by atoms with Gasteiger partial charge in [-0.25, -0.2) is 0 Å². The zero-order chi connectivity index (χ0) is 7.23. The number of rotatable bonds is 3. The van der Waals surface area contributed by atoms with E-state index in [1.807, 2.05) is 0 Å². The van der Waals surface area contributed by atoms with Crippen LogP contribution in [-0.4, -0.2) is 24.8 Å². The lowest BCUT2D eigenvalue weighted by atomic mass is 9.93. The van der Waals surface area contributed by atoms with Crippen molar-refractivity contribution in [3.63, 3.8) is 0 Å². The van der Waals surface area contributed by atoms with E-state index in [0.29, 0.717) is 6.61 Å². The molecule has 1 heterocycles. The van der Waals surface area contributed by atoms with Crippen molar-refractivity contribution >= 4 is 12.4 Å². The molecule has 11 heavy (non-hydrogen) atoms. The Morgan fingerprint density at radius 1 is 1.27 bits per heavy atom. The lowest BCUT2D eigenvalue weighted by Crippen LogP contribution is -2.27. The summed E-state index contributed by atoms with van der Waals surface area (Å²) in [7, 11) is 0. The topological polar surface area (TPSA) is 32.3 Å². The van der Waals surface area contributed by atoms with E-state index in [1.165, 1.54) is 32.4 Å². The van der Waals surface area contributed by atoms with Gasteiger partial charge in [0.1, 0.15) is 0 Å². The number of piperidine rings is 1. The van der Waals surface area contributed by atoms with Crippen LogP contribution >= 0.6 is 12.4 Å². The second-order valence-electron chi connectivity index (χ2n) is 3.06. The SMILES string of the molecule is Cl.OCCCC1CCNCC1. The molecule has 0 atom stereocenters. The molecule has 3 heteroatoms. The third kappa shape index (κ3) is 4.62. The standard InChI is InChI=1S/C8H17NO.ClH/c10-7-1-2-8-3-5-9-6-4-8;/h8-10H,1-7H2;1H. The van der Waals surface area contributed by atoms with Gasteiger partial charge in [-0.05, 0) is 44.7 Å². The summed E-state index contributed by atoms with van der Waals surface area (Å²) in [6.07, 6.45) is 4.82. The van der Waals surface area contributed by atoms with Crippen LogP contribution < -0.4 is 5.32 Å². The van der Waals surface area contributed by atoms with E-state index in [9.17, 15) is 0 Å². The van der Waals surface area contributed by atoms with Crippen LogP contribution in [0, 0.1) is 5.92 Å². The molecule has 2 N–H and O–H groups in total. The summed E-state index contributed by atoms with van der Waals surface area (Å²) >= 11 is 0. The predicted molar refractivity (Wildman–Crippen MR) is 49.2 cm³/mol. The largest absolute Gasteiger partial charge is 0.396 e. The Morgan fingerprint density at radius 2 is 1.91 bits per heavy atom. The van der Waals surface area contributed by atoms with Gasteiger partial charge in [-0.15, -0.1) is 12.4 Å². The molecule has 1 aliphatic rings. The molecule has 0 aromatic rings. The second-order valence-corrected chi connectivity index (χ2v) is 3.06. The van der Waals surface area contributed by atoms with Crippen molar-refractivity contribution in [3.05, 3.63) is 0 Å². The van der Waals surface area contributed by atoms with Gasteiger partial charge in [0.15, 0.2) is 0 Å². The van der Waals surface area contributed by atoms with Gasteiger partial charge in [-0.2, -0.15) is 0 Å². The normalized spacial score (nSPS) is 19.4. The highest BCUT2D eigenvalue weighted by molar-refractivity contribution is 5.85. The van der Waals surface area contributed by atoms with Crippen LogP contribution in [0.25, 0.3) is 0 Å². The van der Waals surface area contributed by atoms with Crippen molar-refractivity contribution in [2.45, 2.75) is 25.7 Å². The van der Waals surface area contributed by atoms with Crippen LogP contribution in [0.15, 0.2) is 0 Å². The first-order chi connectivity index (χ1) is 4.93. The number of hydrogen-bond donors (Lipinski definition) is 2. The van der Waals surface area contributed by atoms with Crippen molar-refractivity contribution in [2.24, 2.45) is 5.92 Å². The molecule has 0 radical (unpaired) electrons. The molecule has 0 unspecified atom stereocenters. The fourth-order valence-corrected chi connectivity index (χ4v) is 1.55. The summed E-state index contributed by atoms with van der Waals surface area (Å²) in [5.74, 6) is 0.883. The molecular formula is C8H18ClNO. The van der Waals surface area contributed by atoms with E-state index in [1.54, 1.807) is 0 Å². The van der Waals surface area contributed by atoms with Gasteiger partial charge in [0.2, 0.25) is 0 Å². The lowest BCUT2D eigenvalue weighted by molar-refractivity contribution is 0.257. The van der Waals surface area contributed by atoms with E-state index in [4.69, 9.17) is 5.11 Å². The van der Waals surface area contributed by atoms with Crippen molar-refractivity contribution in [3.8, 4) is 0 Å². The summed E-state index contributed by atoms with van der Waals surface area (Å²) in [5.41, 5.74) is 0. The lowest BCUT2D eigenvalue weighted by Gasteiger charge is -2.21. The van der Waals surface area contributed by atoms with E-state index in [-0.39, 0.29) is 12.4 Å². The van der Waals surface area contributed by atoms with Crippen LogP contribution in [0.5, 0.6) is 0 Å². The minimum absolute atomic E-state index is 0. The summed E-state index contributed by atoms with van der Waals surface area (Å²) in [6, 6.07) is 0. The molecule has 2 nitrogen and oxygen atoms in total. The molecule has 1 rings (SSSR count). The molecule has 0 aromatic carbocycles. The van der Waals surface area contributed by atoms with Crippen molar-refractivity contribution in [1.29, 1.82) is 0 Å². The quantitative estimate of drug-likeness (QED) is 0.682. The Morgan fingerprint density at radius 3 is 2.45 bits per heavy atom. The first-order valence-corrected chi connectivity index (χ1v) is 4.25. The first kappa shape index (κ1) is 11.2. The summed E-state index contributed by atoms with van der Waals surface area (Å²) < 4.78 is 0. The predicted octanol–water partition coefficient (Wildman–Crippen LogP) is 1.18. The Labute approximate surface area is 74.8 Å². The van der Waals surface area contributed by atoms with Gasteiger partial charge in [0, 0.05) is 6.61 Å². The molecule has 68 valence electrons. The Hall–Kier alpha value is 0.210. The van der Waals surface area contributed by atoms with Gasteiger partial charge >= 0.3 is 0 Å². The van der Waals surface area contributed by atoms with E-state index in [2.05, 4.69) is 5.32 Å². The summed E-state index contributed by atoms with van der Waals surface area (Å²) in [5, 5.41) is 11.9. The number of aliphatic hydroxyl groups excluding tert-OH is 1. The van der Waals surface area contributed by atoms with Crippen LogP contribution in [-0.2, 0) is 0 Å². The van der Waals surface area contributed by atoms with Gasteiger partial charge in [-0.3, -0.25) is 0 Å². The monoisotopic (exact) mass is 179 g/mol. The smallest absolute Gasteiger partial charge is 0.0431 e. The van der Waals surface area contributed by atoms with E-state index < -0.39 is 0 Å². The molecule has 1 saturated heterocycles. The number of aliphatic hydroxyl groups is 1. The van der Waals surface area contributed by atoms with E-state index in [0.717, 1.165) is 12.3 Å². The third-order valence-electron chi connectivity index (χ3n) is 2.23. The Balaban J connectivity index is 0.000001000. The minimum atomic E-state index is 0. The average Bonchev–Trinajstić information content (AvgIpc) is 2.03. The maximum absolute atomic E-state index is 8.58. The Bertz CT molecular complexity index is 84.2. The molecular weight excluding hydrogens is 162 g/mol. The van der Waals surface area contributed by atoms with E-state index >= 15 is 0 Å². The van der Waals surface area contributed by atoms with Crippen LogP contribution in [0.3, 0.4) is 0 Å². The first-order valence-electron chi connectivity index (χ1n) is 4.25. The van der Waals surface area contributed by atoms with Crippen LogP contribution in [0.1, 0.15) is 25.7 Å². The van der Waals surface area contributed by atoms with Gasteiger partial charge in [0.25, 0.3) is 0 Å². The highest BCUT2D eigenvalue weighted by Crippen LogP contribution is 2.16. The second kappa shape index (κ2) is 6.89. The van der Waals surface area contributed by atoms with Gasteiger partial charge in [0.05, 0.1) is 0 Å².